The Morgan fingerprint density at radius 3 is 2.68 bits per heavy atom. The van der Waals surface area contributed by atoms with Gasteiger partial charge in [-0.15, -0.1) is 0 Å². The Bertz CT molecular complexity index is 741. The molecule has 8 nitrogen and oxygen atoms in total. The van der Waals surface area contributed by atoms with Crippen LogP contribution >= 0.6 is 0 Å². The van der Waals surface area contributed by atoms with Crippen LogP contribution in [0.4, 0.5) is 4.79 Å². The van der Waals surface area contributed by atoms with E-state index in [-0.39, 0.29) is 54.0 Å². The topological polar surface area (TPSA) is 108 Å². The molecule has 7 unspecified atom stereocenters. The average Bonchev–Trinajstić information content (AvgIpc) is 3.06. The van der Waals surface area contributed by atoms with Crippen molar-refractivity contribution in [2.75, 3.05) is 13.1 Å². The predicted octanol–water partition coefficient (Wildman–Crippen LogP) is 1.79. The van der Waals surface area contributed by atoms with E-state index in [0.717, 1.165) is 32.1 Å². The molecule has 4 aliphatic rings. The summed E-state index contributed by atoms with van der Waals surface area (Å²) in [6, 6.07) is -0.382. The number of rotatable bonds is 4. The van der Waals surface area contributed by atoms with Gasteiger partial charge in [0.15, 0.2) is 0 Å². The van der Waals surface area contributed by atoms with E-state index in [2.05, 4.69) is 29.8 Å². The molecule has 0 aromatic carbocycles. The second kappa shape index (κ2) is 9.17. The highest BCUT2D eigenvalue weighted by Crippen LogP contribution is 2.41. The Morgan fingerprint density at radius 2 is 1.90 bits per heavy atom. The van der Waals surface area contributed by atoms with Crippen LogP contribution in [-0.4, -0.2) is 53.8 Å². The highest BCUT2D eigenvalue weighted by Gasteiger charge is 2.48. The Morgan fingerprint density at radius 1 is 1.10 bits per heavy atom. The van der Waals surface area contributed by atoms with E-state index in [1.54, 1.807) is 4.90 Å². The number of fused-ring (bicyclic) bond motifs is 1. The molecule has 5 amide bonds. The first-order valence-electron chi connectivity index (χ1n) is 12.0. The van der Waals surface area contributed by atoms with Gasteiger partial charge in [0.05, 0.1) is 0 Å². The fourth-order valence-electron chi connectivity index (χ4n) is 6.08. The highest BCUT2D eigenvalue weighted by molar-refractivity contribution is 6.02. The number of hydrogen-bond acceptors (Lipinski definition) is 4. The van der Waals surface area contributed by atoms with Crippen LogP contribution in [0.1, 0.15) is 65.2 Å². The lowest BCUT2D eigenvalue weighted by atomic mass is 9.75. The van der Waals surface area contributed by atoms with Crippen molar-refractivity contribution in [1.82, 2.24) is 20.9 Å². The zero-order valence-corrected chi connectivity index (χ0v) is 18.7. The largest absolute Gasteiger partial charge is 0.338 e. The monoisotopic (exact) mass is 432 g/mol. The molecule has 0 spiro atoms. The molecule has 8 heteroatoms. The van der Waals surface area contributed by atoms with Gasteiger partial charge < -0.3 is 15.5 Å². The SMILES string of the molecule is CC1CCCC(NC(=O)NCC2CCC3CN(C4CCC(=O)NC4=O)C(=O)C3C2)C1C. The van der Waals surface area contributed by atoms with Crippen molar-refractivity contribution in [2.24, 2.45) is 29.6 Å². The summed E-state index contributed by atoms with van der Waals surface area (Å²) in [6.07, 6.45) is 6.81. The van der Waals surface area contributed by atoms with E-state index < -0.39 is 6.04 Å². The van der Waals surface area contributed by atoms with Gasteiger partial charge in [0.25, 0.3) is 0 Å². The fraction of sp³-hybridized carbons (Fsp3) is 0.826. The second-order valence-electron chi connectivity index (χ2n) is 10.2. The van der Waals surface area contributed by atoms with Gasteiger partial charge in [-0.25, -0.2) is 4.79 Å². The maximum absolute atomic E-state index is 13.0. The summed E-state index contributed by atoms with van der Waals surface area (Å²) in [6.45, 7) is 5.66. The highest BCUT2D eigenvalue weighted by atomic mass is 16.2. The quantitative estimate of drug-likeness (QED) is 0.589. The summed E-state index contributed by atoms with van der Waals surface area (Å²) in [7, 11) is 0. The van der Waals surface area contributed by atoms with Gasteiger partial charge in [-0.2, -0.15) is 0 Å². The third-order valence-electron chi connectivity index (χ3n) is 8.29. The first-order valence-corrected chi connectivity index (χ1v) is 12.0. The summed E-state index contributed by atoms with van der Waals surface area (Å²) in [5.74, 6) is 1.04. The van der Waals surface area contributed by atoms with Crippen LogP contribution in [0.2, 0.25) is 0 Å². The number of piperidine rings is 1. The van der Waals surface area contributed by atoms with E-state index in [0.29, 0.717) is 31.3 Å². The molecule has 2 saturated heterocycles. The number of urea groups is 1. The number of hydrogen-bond donors (Lipinski definition) is 3. The molecule has 0 aromatic heterocycles. The third-order valence-corrected chi connectivity index (χ3v) is 8.29. The smallest absolute Gasteiger partial charge is 0.315 e. The summed E-state index contributed by atoms with van der Waals surface area (Å²) < 4.78 is 0. The van der Waals surface area contributed by atoms with Gasteiger partial charge >= 0.3 is 6.03 Å². The van der Waals surface area contributed by atoms with Crippen LogP contribution in [-0.2, 0) is 14.4 Å². The number of carbonyl (C=O) groups is 4. The van der Waals surface area contributed by atoms with Crippen molar-refractivity contribution < 1.29 is 19.2 Å². The lowest BCUT2D eigenvalue weighted by Crippen LogP contribution is -2.53. The molecule has 4 fully saturated rings. The van der Waals surface area contributed by atoms with E-state index in [9.17, 15) is 19.2 Å². The molecule has 0 bridgehead atoms. The maximum atomic E-state index is 13.0. The van der Waals surface area contributed by atoms with Crippen molar-refractivity contribution in [3.05, 3.63) is 0 Å². The molecular formula is C23H36N4O4. The van der Waals surface area contributed by atoms with E-state index in [4.69, 9.17) is 0 Å². The average molecular weight is 433 g/mol. The van der Waals surface area contributed by atoms with Gasteiger partial charge in [-0.05, 0) is 55.8 Å². The fourth-order valence-corrected chi connectivity index (χ4v) is 6.08. The molecule has 7 atom stereocenters. The van der Waals surface area contributed by atoms with Crippen molar-refractivity contribution in [3.63, 3.8) is 0 Å². The van der Waals surface area contributed by atoms with Crippen molar-refractivity contribution in [1.29, 1.82) is 0 Å². The lowest BCUT2D eigenvalue weighted by Gasteiger charge is -2.35. The van der Waals surface area contributed by atoms with E-state index in [1.165, 1.54) is 6.42 Å². The summed E-state index contributed by atoms with van der Waals surface area (Å²) in [5, 5.41) is 8.56. The molecule has 2 aliphatic carbocycles. The van der Waals surface area contributed by atoms with Crippen LogP contribution < -0.4 is 16.0 Å². The molecule has 0 radical (unpaired) electrons. The summed E-state index contributed by atoms with van der Waals surface area (Å²) in [5.41, 5.74) is 0. The van der Waals surface area contributed by atoms with Crippen LogP contribution in [0.25, 0.3) is 0 Å². The van der Waals surface area contributed by atoms with Crippen LogP contribution in [0, 0.1) is 29.6 Å². The number of imide groups is 1. The minimum Gasteiger partial charge on any atom is -0.338 e. The molecule has 2 aliphatic heterocycles. The van der Waals surface area contributed by atoms with Crippen LogP contribution in [0.3, 0.4) is 0 Å². The zero-order valence-electron chi connectivity index (χ0n) is 18.7. The van der Waals surface area contributed by atoms with Crippen LogP contribution in [0.15, 0.2) is 0 Å². The molecule has 4 rings (SSSR count). The van der Waals surface area contributed by atoms with Gasteiger partial charge in [0.1, 0.15) is 6.04 Å². The standard InChI is InChI=1S/C23H36N4O4/c1-13-4-3-5-18(14(13)2)25-23(31)24-11-15-6-7-16-12-27(22(30)17(16)10-15)19-8-9-20(28)26-21(19)29/h13-19H,3-12H2,1-2H3,(H2,24,25,31)(H,26,28,29). The van der Waals surface area contributed by atoms with E-state index in [1.807, 2.05) is 0 Å². The molecule has 0 aromatic rings. The first kappa shape index (κ1) is 22.1. The van der Waals surface area contributed by atoms with Gasteiger partial charge in [0, 0.05) is 31.5 Å². The minimum absolute atomic E-state index is 0.0404. The number of nitrogens with one attached hydrogen (secondary N) is 3. The van der Waals surface area contributed by atoms with Gasteiger partial charge in [0.2, 0.25) is 17.7 Å². The summed E-state index contributed by atoms with van der Waals surface area (Å²) in [4.78, 5) is 50.8. The number of carbonyl (C=O) groups excluding carboxylic acids is 4. The van der Waals surface area contributed by atoms with Crippen molar-refractivity contribution >= 4 is 23.8 Å². The summed E-state index contributed by atoms with van der Waals surface area (Å²) >= 11 is 0. The number of nitrogens with zero attached hydrogens (tertiary/aromatic N) is 1. The van der Waals surface area contributed by atoms with E-state index >= 15 is 0 Å². The third kappa shape index (κ3) is 4.72. The molecular weight excluding hydrogens is 396 g/mol. The Hall–Kier alpha value is -2.12. The Labute approximate surface area is 184 Å². The van der Waals surface area contributed by atoms with Crippen molar-refractivity contribution in [3.8, 4) is 0 Å². The lowest BCUT2D eigenvalue weighted by molar-refractivity contribution is -0.144. The van der Waals surface area contributed by atoms with Gasteiger partial charge in [-0.3, -0.25) is 19.7 Å². The Kier molecular flexibility index (Phi) is 6.53. The zero-order chi connectivity index (χ0) is 22.1. The number of likely N-dealkylation sites (tertiary alicyclic amines) is 1. The number of amides is 5. The molecule has 2 heterocycles. The molecule has 31 heavy (non-hydrogen) atoms. The van der Waals surface area contributed by atoms with Crippen molar-refractivity contribution in [2.45, 2.75) is 77.3 Å². The maximum Gasteiger partial charge on any atom is 0.315 e. The molecule has 172 valence electrons. The van der Waals surface area contributed by atoms with Gasteiger partial charge in [-0.1, -0.05) is 26.7 Å². The molecule has 2 saturated carbocycles. The van der Waals surface area contributed by atoms with Crippen LogP contribution in [0.5, 0.6) is 0 Å². The predicted molar refractivity (Wildman–Crippen MR) is 115 cm³/mol. The normalized spacial score (nSPS) is 38.5. The Balaban J connectivity index is 1.26. The second-order valence-corrected chi connectivity index (χ2v) is 10.2. The molecule has 3 N–H and O–H groups in total. The first-order chi connectivity index (χ1) is 14.8. The minimum atomic E-state index is -0.516.